The third-order valence-electron chi connectivity index (χ3n) is 2.29. The predicted molar refractivity (Wildman–Crippen MR) is 67.9 cm³/mol. The Morgan fingerprint density at radius 3 is 2.94 bits per heavy atom. The standard InChI is InChI=1S/C12H15N3O3/c1-7(2)13-12(17)14-8-3-4-10-9(5-8)15-11(16)6-18-10/h3-5,7H,6H2,1-2H3,(H,15,16)(H2,13,14,17). The van der Waals surface area contributed by atoms with Crippen LogP contribution in [0.5, 0.6) is 5.75 Å². The molecule has 0 atom stereocenters. The number of amides is 3. The summed E-state index contributed by atoms with van der Waals surface area (Å²) in [5.41, 5.74) is 1.16. The van der Waals surface area contributed by atoms with E-state index in [9.17, 15) is 9.59 Å². The molecule has 0 unspecified atom stereocenters. The SMILES string of the molecule is CC(C)NC(=O)Nc1ccc2c(c1)NC(=O)CO2. The summed E-state index contributed by atoms with van der Waals surface area (Å²) in [4.78, 5) is 22.7. The van der Waals surface area contributed by atoms with E-state index in [-0.39, 0.29) is 24.6 Å². The van der Waals surface area contributed by atoms with E-state index in [2.05, 4.69) is 16.0 Å². The molecule has 0 fully saturated rings. The van der Waals surface area contributed by atoms with Gasteiger partial charge in [-0.15, -0.1) is 0 Å². The number of carbonyl (C=O) groups excluding carboxylic acids is 2. The van der Waals surface area contributed by atoms with Crippen molar-refractivity contribution >= 4 is 23.3 Å². The Hall–Kier alpha value is -2.24. The molecule has 1 aliphatic rings. The summed E-state index contributed by atoms with van der Waals surface area (Å²) in [5, 5.41) is 8.07. The first-order valence-electron chi connectivity index (χ1n) is 5.69. The van der Waals surface area contributed by atoms with Crippen LogP contribution in [0.4, 0.5) is 16.2 Å². The maximum atomic E-state index is 11.5. The molecule has 3 amide bonds. The van der Waals surface area contributed by atoms with Crippen molar-refractivity contribution in [1.82, 2.24) is 5.32 Å². The summed E-state index contributed by atoms with van der Waals surface area (Å²) in [6, 6.07) is 4.86. The van der Waals surface area contributed by atoms with Crippen LogP contribution in [0.25, 0.3) is 0 Å². The highest BCUT2D eigenvalue weighted by atomic mass is 16.5. The van der Waals surface area contributed by atoms with Crippen LogP contribution in [-0.4, -0.2) is 24.6 Å². The van der Waals surface area contributed by atoms with Gasteiger partial charge in [-0.05, 0) is 32.0 Å². The fraction of sp³-hybridized carbons (Fsp3) is 0.333. The van der Waals surface area contributed by atoms with Crippen LogP contribution in [0.1, 0.15) is 13.8 Å². The van der Waals surface area contributed by atoms with Gasteiger partial charge in [0.25, 0.3) is 5.91 Å². The lowest BCUT2D eigenvalue weighted by Crippen LogP contribution is -2.34. The molecule has 1 aliphatic heterocycles. The van der Waals surface area contributed by atoms with E-state index in [4.69, 9.17) is 4.74 Å². The van der Waals surface area contributed by atoms with Crippen molar-refractivity contribution in [3.63, 3.8) is 0 Å². The van der Waals surface area contributed by atoms with Gasteiger partial charge in [-0.3, -0.25) is 4.79 Å². The molecule has 0 saturated heterocycles. The lowest BCUT2D eigenvalue weighted by Gasteiger charge is -2.19. The highest BCUT2D eigenvalue weighted by Crippen LogP contribution is 2.30. The predicted octanol–water partition coefficient (Wildman–Crippen LogP) is 1.55. The zero-order valence-electron chi connectivity index (χ0n) is 10.2. The van der Waals surface area contributed by atoms with Crippen LogP contribution >= 0.6 is 0 Å². The molecule has 0 spiro atoms. The molecular formula is C12H15N3O3. The first-order valence-corrected chi connectivity index (χ1v) is 5.69. The third-order valence-corrected chi connectivity index (χ3v) is 2.29. The fourth-order valence-electron chi connectivity index (χ4n) is 1.59. The number of hydrogen-bond donors (Lipinski definition) is 3. The molecule has 3 N–H and O–H groups in total. The second kappa shape index (κ2) is 4.95. The Kier molecular flexibility index (Phi) is 3.36. The van der Waals surface area contributed by atoms with Crippen LogP contribution in [-0.2, 0) is 4.79 Å². The number of benzene rings is 1. The van der Waals surface area contributed by atoms with Gasteiger partial charge in [0.15, 0.2) is 6.61 Å². The Morgan fingerprint density at radius 2 is 2.22 bits per heavy atom. The van der Waals surface area contributed by atoms with E-state index in [1.165, 1.54) is 0 Å². The second-order valence-corrected chi connectivity index (χ2v) is 4.30. The van der Waals surface area contributed by atoms with Gasteiger partial charge in [-0.1, -0.05) is 0 Å². The van der Waals surface area contributed by atoms with Crippen molar-refractivity contribution in [2.45, 2.75) is 19.9 Å². The number of fused-ring (bicyclic) bond motifs is 1. The zero-order valence-corrected chi connectivity index (χ0v) is 10.2. The number of ether oxygens (including phenoxy) is 1. The molecule has 1 aromatic carbocycles. The van der Waals surface area contributed by atoms with E-state index in [1.54, 1.807) is 18.2 Å². The number of anilines is 2. The first kappa shape index (κ1) is 12.2. The minimum absolute atomic E-state index is 0.0214. The number of hydrogen-bond acceptors (Lipinski definition) is 3. The summed E-state index contributed by atoms with van der Waals surface area (Å²) in [6.45, 7) is 3.77. The van der Waals surface area contributed by atoms with Crippen molar-refractivity contribution in [1.29, 1.82) is 0 Å². The lowest BCUT2D eigenvalue weighted by atomic mass is 10.2. The van der Waals surface area contributed by atoms with Gasteiger partial charge in [0, 0.05) is 11.7 Å². The fourth-order valence-corrected chi connectivity index (χ4v) is 1.59. The smallest absolute Gasteiger partial charge is 0.319 e. The molecule has 6 nitrogen and oxygen atoms in total. The molecule has 96 valence electrons. The van der Waals surface area contributed by atoms with Gasteiger partial charge in [-0.25, -0.2) is 4.79 Å². The van der Waals surface area contributed by atoms with Crippen molar-refractivity contribution in [3.05, 3.63) is 18.2 Å². The molecule has 0 aliphatic carbocycles. The largest absolute Gasteiger partial charge is 0.482 e. The highest BCUT2D eigenvalue weighted by molar-refractivity contribution is 5.97. The topological polar surface area (TPSA) is 79.5 Å². The van der Waals surface area contributed by atoms with Crippen LogP contribution in [0, 0.1) is 0 Å². The number of carbonyl (C=O) groups is 2. The molecule has 6 heteroatoms. The van der Waals surface area contributed by atoms with Gasteiger partial charge in [0.05, 0.1) is 5.69 Å². The van der Waals surface area contributed by atoms with Crippen molar-refractivity contribution in [3.8, 4) is 5.75 Å². The van der Waals surface area contributed by atoms with Crippen LogP contribution < -0.4 is 20.7 Å². The van der Waals surface area contributed by atoms with Crippen LogP contribution in [0.2, 0.25) is 0 Å². The maximum absolute atomic E-state index is 11.5. The molecule has 1 heterocycles. The minimum Gasteiger partial charge on any atom is -0.482 e. The van der Waals surface area contributed by atoms with Gasteiger partial charge < -0.3 is 20.7 Å². The van der Waals surface area contributed by atoms with E-state index >= 15 is 0 Å². The van der Waals surface area contributed by atoms with E-state index in [1.807, 2.05) is 13.8 Å². The Balaban J connectivity index is 2.09. The minimum atomic E-state index is -0.284. The summed E-state index contributed by atoms with van der Waals surface area (Å²) in [6.07, 6.45) is 0. The molecule has 0 bridgehead atoms. The van der Waals surface area contributed by atoms with Crippen molar-refractivity contribution in [2.75, 3.05) is 17.2 Å². The number of urea groups is 1. The third kappa shape index (κ3) is 2.91. The summed E-state index contributed by atoms with van der Waals surface area (Å²) < 4.78 is 5.22. The molecule has 0 saturated carbocycles. The lowest BCUT2D eigenvalue weighted by molar-refractivity contribution is -0.118. The number of nitrogens with one attached hydrogen (secondary N) is 3. The Morgan fingerprint density at radius 1 is 1.44 bits per heavy atom. The molecular weight excluding hydrogens is 234 g/mol. The van der Waals surface area contributed by atoms with Gasteiger partial charge in [0.1, 0.15) is 5.75 Å². The summed E-state index contributed by atoms with van der Waals surface area (Å²) in [7, 11) is 0. The molecule has 18 heavy (non-hydrogen) atoms. The zero-order chi connectivity index (χ0) is 13.1. The van der Waals surface area contributed by atoms with E-state index in [0.29, 0.717) is 17.1 Å². The number of rotatable bonds is 2. The van der Waals surface area contributed by atoms with Crippen LogP contribution in [0.15, 0.2) is 18.2 Å². The molecule has 2 rings (SSSR count). The van der Waals surface area contributed by atoms with E-state index < -0.39 is 0 Å². The quantitative estimate of drug-likeness (QED) is 0.744. The van der Waals surface area contributed by atoms with Gasteiger partial charge >= 0.3 is 6.03 Å². The Bertz CT molecular complexity index is 485. The summed E-state index contributed by atoms with van der Waals surface area (Å²) in [5.74, 6) is 0.399. The monoisotopic (exact) mass is 249 g/mol. The first-order chi connectivity index (χ1) is 8.54. The van der Waals surface area contributed by atoms with Gasteiger partial charge in [-0.2, -0.15) is 0 Å². The molecule has 0 radical (unpaired) electrons. The molecule has 1 aromatic rings. The van der Waals surface area contributed by atoms with Crippen molar-refractivity contribution in [2.24, 2.45) is 0 Å². The van der Waals surface area contributed by atoms with E-state index in [0.717, 1.165) is 0 Å². The molecule has 0 aromatic heterocycles. The Labute approximate surface area is 105 Å². The average Bonchev–Trinajstić information content (AvgIpc) is 2.27. The second-order valence-electron chi connectivity index (χ2n) is 4.30. The highest BCUT2D eigenvalue weighted by Gasteiger charge is 2.16. The average molecular weight is 249 g/mol. The van der Waals surface area contributed by atoms with Gasteiger partial charge in [0.2, 0.25) is 0 Å². The maximum Gasteiger partial charge on any atom is 0.319 e. The van der Waals surface area contributed by atoms with Crippen LogP contribution in [0.3, 0.4) is 0 Å². The normalized spacial score (nSPS) is 13.4. The summed E-state index contributed by atoms with van der Waals surface area (Å²) >= 11 is 0. The van der Waals surface area contributed by atoms with Crippen molar-refractivity contribution < 1.29 is 14.3 Å².